The number of nitrogens with one attached hydrogen (secondary N) is 1. The zero-order chi connectivity index (χ0) is 13.9. The van der Waals surface area contributed by atoms with Crippen LogP contribution >= 0.6 is 34.5 Å². The molecule has 0 aliphatic rings. The van der Waals surface area contributed by atoms with Crippen molar-refractivity contribution >= 4 is 45.4 Å². The molecule has 3 nitrogen and oxygen atoms in total. The quantitative estimate of drug-likeness (QED) is 0.715. The smallest absolute Gasteiger partial charge is 0.187 e. The van der Waals surface area contributed by atoms with Gasteiger partial charge in [-0.05, 0) is 24.3 Å². The van der Waals surface area contributed by atoms with Gasteiger partial charge in [-0.25, -0.2) is 4.98 Å². The first kappa shape index (κ1) is 13.4. The topological polar surface area (TPSA) is 37.8 Å². The molecule has 0 fully saturated rings. The lowest BCUT2D eigenvalue weighted by atomic mass is 10.2. The van der Waals surface area contributed by atoms with Gasteiger partial charge in [0.05, 0.1) is 21.4 Å². The van der Waals surface area contributed by atoms with Crippen LogP contribution in [-0.2, 0) is 0 Å². The van der Waals surface area contributed by atoms with E-state index in [0.29, 0.717) is 10.0 Å². The molecule has 0 saturated heterocycles. The molecule has 3 rings (SSSR count). The van der Waals surface area contributed by atoms with Crippen molar-refractivity contribution in [3.8, 4) is 11.3 Å². The molecule has 3 aromatic rings. The van der Waals surface area contributed by atoms with Gasteiger partial charge in [0.15, 0.2) is 5.13 Å². The molecule has 0 radical (unpaired) electrons. The molecule has 0 unspecified atom stereocenters. The summed E-state index contributed by atoms with van der Waals surface area (Å²) in [6.45, 7) is 0. The molecular formula is C14H9Cl2N3S. The molecule has 1 aromatic carbocycles. The third-order valence-electron chi connectivity index (χ3n) is 2.65. The lowest BCUT2D eigenvalue weighted by Gasteiger charge is -2.05. The Balaban J connectivity index is 1.86. The van der Waals surface area contributed by atoms with E-state index in [-0.39, 0.29) is 0 Å². The Morgan fingerprint density at radius 2 is 2.00 bits per heavy atom. The van der Waals surface area contributed by atoms with Gasteiger partial charge in [-0.15, -0.1) is 11.3 Å². The average Bonchev–Trinajstić information content (AvgIpc) is 2.93. The molecule has 0 saturated carbocycles. The molecule has 2 aromatic heterocycles. The number of halogens is 2. The first-order valence-electron chi connectivity index (χ1n) is 5.81. The van der Waals surface area contributed by atoms with E-state index in [0.717, 1.165) is 22.1 Å². The number of nitrogens with zero attached hydrogens (tertiary/aromatic N) is 2. The van der Waals surface area contributed by atoms with Crippen LogP contribution in [0.4, 0.5) is 10.8 Å². The average molecular weight is 322 g/mol. The van der Waals surface area contributed by atoms with Gasteiger partial charge in [-0.3, -0.25) is 4.98 Å². The van der Waals surface area contributed by atoms with Gasteiger partial charge in [-0.1, -0.05) is 29.3 Å². The predicted molar refractivity (Wildman–Crippen MR) is 85.1 cm³/mol. The third kappa shape index (κ3) is 2.77. The van der Waals surface area contributed by atoms with E-state index >= 15 is 0 Å². The molecule has 0 aliphatic carbocycles. The second kappa shape index (κ2) is 5.79. The van der Waals surface area contributed by atoms with E-state index in [4.69, 9.17) is 23.2 Å². The minimum absolute atomic E-state index is 0.493. The van der Waals surface area contributed by atoms with Crippen LogP contribution in [0.25, 0.3) is 11.3 Å². The summed E-state index contributed by atoms with van der Waals surface area (Å²) in [4.78, 5) is 8.60. The van der Waals surface area contributed by atoms with Crippen molar-refractivity contribution in [1.82, 2.24) is 9.97 Å². The van der Waals surface area contributed by atoms with Crippen LogP contribution in [0.2, 0.25) is 10.0 Å². The highest BCUT2D eigenvalue weighted by molar-refractivity contribution is 7.14. The van der Waals surface area contributed by atoms with E-state index in [9.17, 15) is 0 Å². The normalized spacial score (nSPS) is 10.5. The van der Waals surface area contributed by atoms with Gasteiger partial charge in [0.1, 0.15) is 0 Å². The number of rotatable bonds is 3. The van der Waals surface area contributed by atoms with Crippen LogP contribution in [0.15, 0.2) is 48.1 Å². The molecule has 1 N–H and O–H groups in total. The maximum absolute atomic E-state index is 6.14. The Labute approximate surface area is 130 Å². The minimum atomic E-state index is 0.493. The maximum atomic E-state index is 6.14. The van der Waals surface area contributed by atoms with Crippen molar-refractivity contribution in [3.63, 3.8) is 0 Å². The monoisotopic (exact) mass is 321 g/mol. The fourth-order valence-corrected chi connectivity index (χ4v) is 2.77. The van der Waals surface area contributed by atoms with Gasteiger partial charge < -0.3 is 5.32 Å². The lowest BCUT2D eigenvalue weighted by molar-refractivity contribution is 1.30. The summed E-state index contributed by atoms with van der Waals surface area (Å²) in [6, 6.07) is 9.30. The molecule has 0 spiro atoms. The second-order valence-electron chi connectivity index (χ2n) is 4.01. The summed E-state index contributed by atoms with van der Waals surface area (Å²) in [6.07, 6.45) is 3.52. The number of hydrogen-bond donors (Lipinski definition) is 1. The predicted octanol–water partition coefficient (Wildman–Crippen LogP) is 5.26. The van der Waals surface area contributed by atoms with Crippen molar-refractivity contribution < 1.29 is 0 Å². The molecule has 6 heteroatoms. The highest BCUT2D eigenvalue weighted by Gasteiger charge is 2.08. The zero-order valence-corrected chi connectivity index (χ0v) is 12.5. The number of anilines is 2. The Kier molecular flexibility index (Phi) is 3.87. The van der Waals surface area contributed by atoms with Gasteiger partial charge in [0, 0.05) is 23.3 Å². The molecular weight excluding hydrogens is 313 g/mol. The van der Waals surface area contributed by atoms with Crippen LogP contribution in [0.1, 0.15) is 0 Å². The van der Waals surface area contributed by atoms with Gasteiger partial charge in [0.25, 0.3) is 0 Å². The van der Waals surface area contributed by atoms with Gasteiger partial charge in [-0.2, -0.15) is 0 Å². The van der Waals surface area contributed by atoms with Crippen molar-refractivity contribution in [2.45, 2.75) is 0 Å². The van der Waals surface area contributed by atoms with Crippen LogP contribution in [-0.4, -0.2) is 9.97 Å². The van der Waals surface area contributed by atoms with E-state index in [2.05, 4.69) is 15.3 Å². The van der Waals surface area contributed by atoms with Crippen LogP contribution in [0, 0.1) is 0 Å². The molecule has 0 atom stereocenters. The fraction of sp³-hybridized carbons (Fsp3) is 0. The van der Waals surface area contributed by atoms with E-state index < -0.39 is 0 Å². The van der Waals surface area contributed by atoms with Crippen LogP contribution in [0.5, 0.6) is 0 Å². The summed E-state index contributed by atoms with van der Waals surface area (Å²) in [5, 5.41) is 6.91. The lowest BCUT2D eigenvalue weighted by Crippen LogP contribution is -1.91. The summed E-state index contributed by atoms with van der Waals surface area (Å²) < 4.78 is 0. The summed E-state index contributed by atoms with van der Waals surface area (Å²) in [5.41, 5.74) is 2.60. The maximum Gasteiger partial charge on any atom is 0.187 e. The second-order valence-corrected chi connectivity index (χ2v) is 5.65. The van der Waals surface area contributed by atoms with Crippen LogP contribution in [0.3, 0.4) is 0 Å². The minimum Gasteiger partial charge on any atom is -0.330 e. The van der Waals surface area contributed by atoms with Gasteiger partial charge in [0.2, 0.25) is 0 Å². The van der Waals surface area contributed by atoms with E-state index in [1.165, 1.54) is 11.3 Å². The van der Waals surface area contributed by atoms with Crippen molar-refractivity contribution in [2.24, 2.45) is 0 Å². The summed E-state index contributed by atoms with van der Waals surface area (Å²) in [5.74, 6) is 0. The van der Waals surface area contributed by atoms with Crippen molar-refractivity contribution in [3.05, 3.63) is 58.2 Å². The molecule has 2 heterocycles. The Hall–Kier alpha value is -1.62. The van der Waals surface area contributed by atoms with Crippen molar-refractivity contribution in [2.75, 3.05) is 5.32 Å². The molecule has 0 bridgehead atoms. The Morgan fingerprint density at radius 3 is 2.80 bits per heavy atom. The first-order chi connectivity index (χ1) is 9.74. The first-order valence-corrected chi connectivity index (χ1v) is 7.44. The number of aromatic nitrogens is 2. The number of benzene rings is 1. The Morgan fingerprint density at radius 1 is 1.10 bits per heavy atom. The largest absolute Gasteiger partial charge is 0.330 e. The van der Waals surface area contributed by atoms with E-state index in [1.54, 1.807) is 18.5 Å². The standard InChI is InChI=1S/C14H9Cl2N3S/c15-10-4-1-5-11(13(10)16)18-14-19-12(8-20-14)9-3-2-6-17-7-9/h1-8H,(H,18,19). The van der Waals surface area contributed by atoms with Crippen LogP contribution < -0.4 is 5.32 Å². The molecule has 0 aliphatic heterocycles. The molecule has 100 valence electrons. The SMILES string of the molecule is Clc1cccc(Nc2nc(-c3cccnc3)cs2)c1Cl. The van der Waals surface area contributed by atoms with E-state index in [1.807, 2.05) is 29.6 Å². The highest BCUT2D eigenvalue weighted by Crippen LogP contribution is 2.33. The number of pyridine rings is 1. The highest BCUT2D eigenvalue weighted by atomic mass is 35.5. The molecule has 20 heavy (non-hydrogen) atoms. The summed E-state index contributed by atoms with van der Waals surface area (Å²) >= 11 is 13.6. The zero-order valence-electron chi connectivity index (χ0n) is 10.2. The van der Waals surface area contributed by atoms with Gasteiger partial charge >= 0.3 is 0 Å². The number of hydrogen-bond acceptors (Lipinski definition) is 4. The Bertz CT molecular complexity index is 728. The fourth-order valence-electron chi connectivity index (χ4n) is 1.69. The molecule has 0 amide bonds. The van der Waals surface area contributed by atoms with Crippen molar-refractivity contribution in [1.29, 1.82) is 0 Å². The third-order valence-corrected chi connectivity index (χ3v) is 4.23. The summed E-state index contributed by atoms with van der Waals surface area (Å²) in [7, 11) is 0. The number of thiazole rings is 1.